The molecule has 1 fully saturated rings. The summed E-state index contributed by atoms with van der Waals surface area (Å²) in [5.74, 6) is 5.35. The minimum absolute atomic E-state index is 0.516. The zero-order valence-electron chi connectivity index (χ0n) is 10.0. The Morgan fingerprint density at radius 1 is 1.39 bits per heavy atom. The molecule has 10 heteroatoms. The van der Waals surface area contributed by atoms with Crippen LogP contribution >= 0.6 is 11.5 Å². The van der Waals surface area contributed by atoms with Gasteiger partial charge in [0.2, 0.25) is 10.0 Å². The average molecular weight is 292 g/mol. The van der Waals surface area contributed by atoms with E-state index in [1.54, 1.807) is 0 Å². The first kappa shape index (κ1) is 13.6. The number of piperazine rings is 1. The van der Waals surface area contributed by atoms with E-state index >= 15 is 0 Å². The van der Waals surface area contributed by atoms with E-state index in [0.717, 1.165) is 10.7 Å². The molecule has 3 N–H and O–H groups in total. The van der Waals surface area contributed by atoms with Gasteiger partial charge >= 0.3 is 0 Å². The number of anilines is 1. The molecule has 1 aliphatic heterocycles. The molecular weight excluding hydrogens is 276 g/mol. The van der Waals surface area contributed by atoms with E-state index in [2.05, 4.69) is 19.9 Å². The lowest BCUT2D eigenvalue weighted by atomic mass is 10.3. The summed E-state index contributed by atoms with van der Waals surface area (Å²) in [7, 11) is -3.08. The molecule has 0 spiro atoms. The molecule has 0 saturated carbocycles. The molecule has 2 rings (SSSR count). The summed E-state index contributed by atoms with van der Waals surface area (Å²) in [4.78, 5) is 2.14. The van der Waals surface area contributed by atoms with Gasteiger partial charge in [-0.25, -0.2) is 14.3 Å². The number of aromatic nitrogens is 2. The van der Waals surface area contributed by atoms with Crippen molar-refractivity contribution in [2.24, 2.45) is 5.84 Å². The van der Waals surface area contributed by atoms with Gasteiger partial charge in [-0.1, -0.05) is 4.49 Å². The second-order valence-electron chi connectivity index (χ2n) is 4.13. The predicted octanol–water partition coefficient (Wildman–Crippen LogP) is -1.10. The van der Waals surface area contributed by atoms with E-state index in [4.69, 9.17) is 5.84 Å². The second-order valence-corrected chi connectivity index (χ2v) is 6.87. The van der Waals surface area contributed by atoms with Crippen molar-refractivity contribution in [2.75, 3.05) is 37.9 Å². The quantitative estimate of drug-likeness (QED) is 0.536. The molecule has 18 heavy (non-hydrogen) atoms. The summed E-state index contributed by atoms with van der Waals surface area (Å²) in [5.41, 5.74) is 3.36. The Balaban J connectivity index is 1.91. The smallest absolute Gasteiger partial charge is 0.211 e. The maximum atomic E-state index is 11.4. The van der Waals surface area contributed by atoms with E-state index in [-0.39, 0.29) is 0 Å². The summed E-state index contributed by atoms with van der Waals surface area (Å²) in [6.07, 6.45) is 1.24. The SMILES string of the molecule is CS(=O)(=O)N1CCN(Cc2nnsc2NN)CC1. The number of hydrogen-bond acceptors (Lipinski definition) is 8. The Labute approximate surface area is 110 Å². The summed E-state index contributed by atoms with van der Waals surface area (Å²) in [5, 5.41) is 4.75. The monoisotopic (exact) mass is 292 g/mol. The highest BCUT2D eigenvalue weighted by Gasteiger charge is 2.24. The third-order valence-electron chi connectivity index (χ3n) is 2.86. The fourth-order valence-electron chi connectivity index (χ4n) is 1.85. The number of hydrogen-bond donors (Lipinski definition) is 2. The largest absolute Gasteiger partial charge is 0.313 e. The number of hydrazine groups is 1. The zero-order chi connectivity index (χ0) is 13.2. The zero-order valence-corrected chi connectivity index (χ0v) is 11.7. The Morgan fingerprint density at radius 3 is 2.61 bits per heavy atom. The van der Waals surface area contributed by atoms with Crippen molar-refractivity contribution in [1.29, 1.82) is 0 Å². The van der Waals surface area contributed by atoms with E-state index in [0.29, 0.717) is 32.7 Å². The second kappa shape index (κ2) is 5.45. The van der Waals surface area contributed by atoms with Crippen LogP contribution in [0.4, 0.5) is 5.00 Å². The molecule has 2 heterocycles. The maximum Gasteiger partial charge on any atom is 0.211 e. The standard InChI is InChI=1S/C8H16N6O2S2/c1-18(15,16)14-4-2-13(3-5-14)6-7-8(10-9)17-12-11-7/h10H,2-6,9H2,1H3. The minimum atomic E-state index is -3.08. The maximum absolute atomic E-state index is 11.4. The van der Waals surface area contributed by atoms with Crippen molar-refractivity contribution in [3.8, 4) is 0 Å². The van der Waals surface area contributed by atoms with Gasteiger partial charge in [-0.15, -0.1) is 5.10 Å². The first-order valence-electron chi connectivity index (χ1n) is 5.46. The van der Waals surface area contributed by atoms with Crippen LogP contribution in [0.25, 0.3) is 0 Å². The van der Waals surface area contributed by atoms with Crippen LogP contribution in [-0.2, 0) is 16.6 Å². The van der Waals surface area contributed by atoms with Crippen molar-refractivity contribution in [1.82, 2.24) is 18.8 Å². The molecule has 1 aromatic heterocycles. The third-order valence-corrected chi connectivity index (χ3v) is 4.86. The molecule has 1 aliphatic rings. The third kappa shape index (κ3) is 3.14. The van der Waals surface area contributed by atoms with E-state index in [1.165, 1.54) is 22.1 Å². The van der Waals surface area contributed by atoms with Gasteiger partial charge in [-0.05, 0) is 0 Å². The molecule has 1 aromatic rings. The molecule has 0 atom stereocenters. The lowest BCUT2D eigenvalue weighted by Crippen LogP contribution is -2.47. The highest BCUT2D eigenvalue weighted by atomic mass is 32.2. The van der Waals surface area contributed by atoms with Gasteiger partial charge in [0.05, 0.1) is 6.26 Å². The molecule has 0 bridgehead atoms. The van der Waals surface area contributed by atoms with Gasteiger partial charge in [-0.3, -0.25) is 4.90 Å². The lowest BCUT2D eigenvalue weighted by Gasteiger charge is -2.32. The van der Waals surface area contributed by atoms with Crippen molar-refractivity contribution in [3.63, 3.8) is 0 Å². The van der Waals surface area contributed by atoms with E-state index in [9.17, 15) is 8.42 Å². The molecule has 8 nitrogen and oxygen atoms in total. The van der Waals surface area contributed by atoms with Gasteiger partial charge in [0.25, 0.3) is 0 Å². The Hall–Kier alpha value is -0.810. The summed E-state index contributed by atoms with van der Waals surface area (Å²) >= 11 is 1.21. The predicted molar refractivity (Wildman–Crippen MR) is 69.4 cm³/mol. The van der Waals surface area contributed by atoms with Crippen LogP contribution in [0.3, 0.4) is 0 Å². The normalized spacial score (nSPS) is 19.0. The van der Waals surface area contributed by atoms with E-state index < -0.39 is 10.0 Å². The van der Waals surface area contributed by atoms with Gasteiger partial charge < -0.3 is 5.43 Å². The molecule has 1 saturated heterocycles. The lowest BCUT2D eigenvalue weighted by molar-refractivity contribution is 0.180. The molecular formula is C8H16N6O2S2. The minimum Gasteiger partial charge on any atom is -0.313 e. The molecule has 0 aliphatic carbocycles. The Kier molecular flexibility index (Phi) is 4.12. The molecule has 0 radical (unpaired) electrons. The number of rotatable bonds is 4. The summed E-state index contributed by atoms with van der Waals surface area (Å²) in [6, 6.07) is 0. The number of nitrogens with two attached hydrogens (primary N) is 1. The summed E-state index contributed by atoms with van der Waals surface area (Å²) in [6.45, 7) is 3.04. The number of nitrogens with one attached hydrogen (secondary N) is 1. The Bertz CT molecular complexity index is 493. The molecule has 102 valence electrons. The molecule has 0 amide bonds. The Morgan fingerprint density at radius 2 is 2.06 bits per heavy atom. The number of nitrogens with zero attached hydrogens (tertiary/aromatic N) is 4. The average Bonchev–Trinajstić information content (AvgIpc) is 2.76. The van der Waals surface area contributed by atoms with Gasteiger partial charge in [-0.2, -0.15) is 4.31 Å². The fourth-order valence-corrected chi connectivity index (χ4v) is 3.16. The van der Waals surface area contributed by atoms with Crippen LogP contribution in [0.1, 0.15) is 5.69 Å². The van der Waals surface area contributed by atoms with Crippen molar-refractivity contribution in [2.45, 2.75) is 6.54 Å². The van der Waals surface area contributed by atoms with Gasteiger partial charge in [0.15, 0.2) is 0 Å². The van der Waals surface area contributed by atoms with E-state index in [1.807, 2.05) is 0 Å². The first-order valence-corrected chi connectivity index (χ1v) is 8.08. The van der Waals surface area contributed by atoms with Crippen LogP contribution in [0.2, 0.25) is 0 Å². The van der Waals surface area contributed by atoms with Gasteiger partial charge in [0, 0.05) is 44.3 Å². The first-order chi connectivity index (χ1) is 8.50. The van der Waals surface area contributed by atoms with Crippen LogP contribution in [0, 0.1) is 0 Å². The molecule has 0 unspecified atom stereocenters. The highest BCUT2D eigenvalue weighted by molar-refractivity contribution is 7.88. The number of sulfonamides is 1. The van der Waals surface area contributed by atoms with Crippen LogP contribution < -0.4 is 11.3 Å². The number of nitrogen functional groups attached to an aromatic ring is 1. The van der Waals surface area contributed by atoms with Crippen molar-refractivity contribution >= 4 is 26.6 Å². The van der Waals surface area contributed by atoms with Crippen LogP contribution in [-0.4, -0.2) is 59.6 Å². The highest BCUT2D eigenvalue weighted by Crippen LogP contribution is 2.18. The topological polar surface area (TPSA) is 104 Å². The summed E-state index contributed by atoms with van der Waals surface area (Å²) < 4.78 is 28.1. The molecule has 0 aromatic carbocycles. The fraction of sp³-hybridized carbons (Fsp3) is 0.750. The van der Waals surface area contributed by atoms with Crippen LogP contribution in [0.5, 0.6) is 0 Å². The van der Waals surface area contributed by atoms with Gasteiger partial charge in [0.1, 0.15) is 10.7 Å². The van der Waals surface area contributed by atoms with Crippen molar-refractivity contribution < 1.29 is 8.42 Å². The van der Waals surface area contributed by atoms with Crippen LogP contribution in [0.15, 0.2) is 0 Å². The van der Waals surface area contributed by atoms with Crippen molar-refractivity contribution in [3.05, 3.63) is 5.69 Å².